The molecule has 1 heterocycles. The van der Waals surface area contributed by atoms with Gasteiger partial charge in [-0.05, 0) is 25.2 Å². The summed E-state index contributed by atoms with van der Waals surface area (Å²) in [6, 6.07) is 0. The van der Waals surface area contributed by atoms with Gasteiger partial charge in [-0.1, -0.05) is 62.3 Å². The van der Waals surface area contributed by atoms with Gasteiger partial charge in [0.1, 0.15) is 5.82 Å². The highest BCUT2D eigenvalue weighted by molar-refractivity contribution is 5.29. The van der Waals surface area contributed by atoms with E-state index in [1.54, 1.807) is 0 Å². The summed E-state index contributed by atoms with van der Waals surface area (Å²) in [6.07, 6.45) is 3.40. The molecule has 122 valence electrons. The summed E-state index contributed by atoms with van der Waals surface area (Å²) < 4.78 is 0. The van der Waals surface area contributed by atoms with Crippen molar-refractivity contribution in [3.05, 3.63) is 17.2 Å². The molecule has 0 aliphatic carbocycles. The van der Waals surface area contributed by atoms with Crippen molar-refractivity contribution in [2.45, 2.75) is 98.3 Å². The fourth-order valence-corrected chi connectivity index (χ4v) is 2.58. The van der Waals surface area contributed by atoms with Crippen LogP contribution in [0.3, 0.4) is 0 Å². The lowest BCUT2D eigenvalue weighted by atomic mass is 9.77. The van der Waals surface area contributed by atoms with Gasteiger partial charge in [0.05, 0.1) is 5.69 Å². The molecule has 1 atom stereocenters. The highest BCUT2D eigenvalue weighted by Gasteiger charge is 2.34. The van der Waals surface area contributed by atoms with E-state index in [1.165, 1.54) is 11.4 Å². The number of hydrogen-bond acceptors (Lipinski definition) is 1. The number of hydrogen-bond donors (Lipinski definition) is 1. The number of H-pyrrole nitrogens is 1. The highest BCUT2D eigenvalue weighted by atomic mass is 15.0. The van der Waals surface area contributed by atoms with Gasteiger partial charge in [-0.2, -0.15) is 0 Å². The summed E-state index contributed by atoms with van der Waals surface area (Å²) in [4.78, 5) is 8.82. The molecule has 0 bridgehead atoms. The summed E-state index contributed by atoms with van der Waals surface area (Å²) in [6.45, 7) is 20.7. The minimum atomic E-state index is 0.117. The molecule has 0 aliphatic heterocycles. The first-order chi connectivity index (χ1) is 9.62. The summed E-state index contributed by atoms with van der Waals surface area (Å²) in [5.74, 6) is 2.27. The number of nitrogens with zero attached hydrogens (tertiary/aromatic N) is 1. The third-order valence-electron chi connectivity index (χ3n) is 5.85. The van der Waals surface area contributed by atoms with Crippen LogP contribution in [0.1, 0.15) is 105 Å². The van der Waals surface area contributed by atoms with E-state index < -0.39 is 0 Å². The van der Waals surface area contributed by atoms with Crippen LogP contribution in [0.4, 0.5) is 0 Å². The van der Waals surface area contributed by atoms with Gasteiger partial charge in [-0.15, -0.1) is 0 Å². The molecule has 0 fully saturated rings. The second-order valence-electron chi connectivity index (χ2n) is 7.88. The number of nitrogens with one attached hydrogen (secondary N) is 1. The van der Waals surface area contributed by atoms with Gasteiger partial charge in [0.2, 0.25) is 0 Å². The van der Waals surface area contributed by atoms with Crippen LogP contribution in [0.2, 0.25) is 0 Å². The van der Waals surface area contributed by atoms with E-state index in [-0.39, 0.29) is 10.8 Å². The van der Waals surface area contributed by atoms with Gasteiger partial charge in [0.25, 0.3) is 0 Å². The summed E-state index contributed by atoms with van der Waals surface area (Å²) in [7, 11) is 0. The fourth-order valence-electron chi connectivity index (χ4n) is 2.58. The smallest absolute Gasteiger partial charge is 0.112 e. The van der Waals surface area contributed by atoms with E-state index >= 15 is 0 Å². The molecule has 0 radical (unpaired) electrons. The predicted molar refractivity (Wildman–Crippen MR) is 93.1 cm³/mol. The molecule has 0 saturated heterocycles. The summed E-state index contributed by atoms with van der Waals surface area (Å²) in [5.41, 5.74) is 3.00. The van der Waals surface area contributed by atoms with Crippen LogP contribution in [0, 0.1) is 5.92 Å². The van der Waals surface area contributed by atoms with Gasteiger partial charge >= 0.3 is 0 Å². The van der Waals surface area contributed by atoms with Gasteiger partial charge in [-0.25, -0.2) is 4.98 Å². The average Bonchev–Trinajstić information content (AvgIpc) is 2.91. The Morgan fingerprint density at radius 1 is 0.952 bits per heavy atom. The minimum absolute atomic E-state index is 0.117. The van der Waals surface area contributed by atoms with Crippen LogP contribution in [0.5, 0.6) is 0 Å². The van der Waals surface area contributed by atoms with Gasteiger partial charge < -0.3 is 4.98 Å². The van der Waals surface area contributed by atoms with Crippen LogP contribution < -0.4 is 0 Å². The zero-order valence-electron chi connectivity index (χ0n) is 15.7. The quantitative estimate of drug-likeness (QED) is 0.662. The predicted octanol–water partition coefficient (Wildman–Crippen LogP) is 5.93. The zero-order chi connectivity index (χ0) is 16.4. The first-order valence-electron chi connectivity index (χ1n) is 8.73. The van der Waals surface area contributed by atoms with Crippen molar-refractivity contribution in [1.29, 1.82) is 0 Å². The second kappa shape index (κ2) is 6.54. The van der Waals surface area contributed by atoms with E-state index in [0.29, 0.717) is 11.8 Å². The van der Waals surface area contributed by atoms with Crippen LogP contribution in [0.15, 0.2) is 0 Å². The molecule has 2 nitrogen and oxygen atoms in total. The molecule has 1 unspecified atom stereocenters. The summed E-state index contributed by atoms with van der Waals surface area (Å²) >= 11 is 0. The number of imidazole rings is 1. The fraction of sp³-hybridized carbons (Fsp3) is 0.842. The Bertz CT molecular complexity index is 450. The molecule has 0 spiro atoms. The second-order valence-corrected chi connectivity index (χ2v) is 7.88. The van der Waals surface area contributed by atoms with Crippen LogP contribution in [-0.2, 0) is 10.8 Å². The Hall–Kier alpha value is -0.790. The monoisotopic (exact) mass is 292 g/mol. The Balaban J connectivity index is 3.46. The van der Waals surface area contributed by atoms with Crippen molar-refractivity contribution in [3.8, 4) is 0 Å². The molecule has 21 heavy (non-hydrogen) atoms. The average molecular weight is 293 g/mol. The molecule has 0 aromatic carbocycles. The van der Waals surface area contributed by atoms with E-state index in [1.807, 2.05) is 0 Å². The van der Waals surface area contributed by atoms with E-state index in [2.05, 4.69) is 67.3 Å². The normalized spacial score (nSPS) is 14.8. The highest BCUT2D eigenvalue weighted by Crippen LogP contribution is 2.39. The SMILES string of the molecule is CCC(C)(C)c1nc(C(C)C(C)C)c(C(C)(CC)CC)[nH]1. The van der Waals surface area contributed by atoms with E-state index in [4.69, 9.17) is 4.98 Å². The largest absolute Gasteiger partial charge is 0.345 e. The van der Waals surface area contributed by atoms with Gasteiger partial charge in [0, 0.05) is 22.4 Å². The van der Waals surface area contributed by atoms with Crippen LogP contribution >= 0.6 is 0 Å². The Morgan fingerprint density at radius 3 is 1.86 bits per heavy atom. The lowest BCUT2D eigenvalue weighted by Crippen LogP contribution is -2.24. The molecule has 0 saturated carbocycles. The minimum Gasteiger partial charge on any atom is -0.345 e. The van der Waals surface area contributed by atoms with Gasteiger partial charge in [0.15, 0.2) is 0 Å². The molecule has 1 aromatic rings. The molecule has 1 aromatic heterocycles. The molecule has 1 rings (SSSR count). The maximum absolute atomic E-state index is 5.08. The lowest BCUT2D eigenvalue weighted by Gasteiger charge is -2.29. The third-order valence-corrected chi connectivity index (χ3v) is 5.85. The zero-order valence-corrected chi connectivity index (χ0v) is 15.7. The summed E-state index contributed by atoms with van der Waals surface area (Å²) in [5, 5.41) is 0. The first-order valence-corrected chi connectivity index (χ1v) is 8.73. The number of aromatic nitrogens is 2. The lowest BCUT2D eigenvalue weighted by molar-refractivity contribution is 0.410. The van der Waals surface area contributed by atoms with E-state index in [9.17, 15) is 0 Å². The molecular formula is C19H36N2. The molecule has 0 amide bonds. The van der Waals surface area contributed by atoms with Crippen molar-refractivity contribution in [2.24, 2.45) is 5.92 Å². The van der Waals surface area contributed by atoms with Crippen molar-refractivity contribution in [1.82, 2.24) is 9.97 Å². The van der Waals surface area contributed by atoms with Crippen molar-refractivity contribution in [3.63, 3.8) is 0 Å². The first kappa shape index (κ1) is 18.3. The van der Waals surface area contributed by atoms with Crippen LogP contribution in [0.25, 0.3) is 0 Å². The van der Waals surface area contributed by atoms with Gasteiger partial charge in [-0.3, -0.25) is 0 Å². The number of rotatable bonds is 7. The Morgan fingerprint density at radius 2 is 1.48 bits per heavy atom. The third kappa shape index (κ3) is 3.52. The van der Waals surface area contributed by atoms with Crippen LogP contribution in [-0.4, -0.2) is 9.97 Å². The Labute approximate surface area is 132 Å². The van der Waals surface area contributed by atoms with Crippen molar-refractivity contribution in [2.75, 3.05) is 0 Å². The molecular weight excluding hydrogens is 256 g/mol. The van der Waals surface area contributed by atoms with E-state index in [0.717, 1.165) is 25.1 Å². The maximum atomic E-state index is 5.08. The maximum Gasteiger partial charge on any atom is 0.112 e. The number of aromatic amines is 1. The molecule has 2 heteroatoms. The Kier molecular flexibility index (Phi) is 5.69. The standard InChI is InChI=1S/C19H36N2/c1-10-18(7,8)17-20-15(14(6)13(4)5)16(21-17)19(9,11-2)12-3/h13-14H,10-12H2,1-9H3,(H,20,21). The van der Waals surface area contributed by atoms with Crippen molar-refractivity contribution >= 4 is 0 Å². The van der Waals surface area contributed by atoms with Crippen molar-refractivity contribution < 1.29 is 0 Å². The molecule has 0 aliphatic rings. The molecule has 1 N–H and O–H groups in total. The topological polar surface area (TPSA) is 28.7 Å².